The number of amides is 4. The van der Waals surface area contributed by atoms with Crippen LogP contribution in [0.1, 0.15) is 65.5 Å². The fraction of sp³-hybridized carbons (Fsp3) is 0.250. The van der Waals surface area contributed by atoms with E-state index in [0.717, 1.165) is 32.6 Å². The Bertz CT molecular complexity index is 1710. The van der Waals surface area contributed by atoms with Crippen molar-refractivity contribution in [2.75, 3.05) is 4.90 Å². The van der Waals surface area contributed by atoms with Crippen molar-refractivity contribution in [2.45, 2.75) is 51.2 Å². The van der Waals surface area contributed by atoms with E-state index >= 15 is 0 Å². The average Bonchev–Trinajstić information content (AvgIpc) is 3.46. The highest BCUT2D eigenvalue weighted by atomic mass is 16.4. The van der Waals surface area contributed by atoms with E-state index in [1.807, 2.05) is 36.4 Å². The van der Waals surface area contributed by atoms with Gasteiger partial charge in [0.1, 0.15) is 18.1 Å². The van der Waals surface area contributed by atoms with E-state index in [2.05, 4.69) is 36.3 Å². The van der Waals surface area contributed by atoms with E-state index in [1.165, 1.54) is 24.6 Å². The summed E-state index contributed by atoms with van der Waals surface area (Å²) < 4.78 is 0. The molecule has 41 heavy (non-hydrogen) atoms. The van der Waals surface area contributed by atoms with Gasteiger partial charge in [-0.25, -0.2) is 9.69 Å². The third-order valence-corrected chi connectivity index (χ3v) is 8.08. The molecule has 0 saturated carbocycles. The third kappa shape index (κ3) is 4.25. The average molecular weight is 551 g/mol. The molecule has 2 aliphatic heterocycles. The lowest BCUT2D eigenvalue weighted by atomic mass is 9.88. The van der Waals surface area contributed by atoms with Crippen LogP contribution < -0.4 is 10.2 Å². The zero-order valence-corrected chi connectivity index (χ0v) is 22.9. The van der Waals surface area contributed by atoms with Crippen molar-refractivity contribution in [3.8, 4) is 0 Å². The Balaban J connectivity index is 1.46. The molecule has 208 valence electrons. The van der Waals surface area contributed by atoms with Crippen molar-refractivity contribution >= 4 is 40.4 Å². The number of aliphatic carboxylic acids is 1. The molecule has 1 fully saturated rings. The van der Waals surface area contributed by atoms with E-state index < -0.39 is 41.9 Å². The van der Waals surface area contributed by atoms with Crippen molar-refractivity contribution in [2.24, 2.45) is 0 Å². The molecule has 0 bridgehead atoms. The molecule has 1 saturated heterocycles. The molecular weight excluding hydrogens is 520 g/mol. The quantitative estimate of drug-likeness (QED) is 0.292. The van der Waals surface area contributed by atoms with Gasteiger partial charge in [0.25, 0.3) is 11.8 Å². The minimum absolute atomic E-state index is 0.0453. The highest BCUT2D eigenvalue weighted by Gasteiger charge is 2.53. The van der Waals surface area contributed by atoms with Gasteiger partial charge in [0.2, 0.25) is 0 Å². The van der Waals surface area contributed by atoms with Gasteiger partial charge in [-0.05, 0) is 47.7 Å². The molecule has 3 heterocycles. The van der Waals surface area contributed by atoms with E-state index in [0.29, 0.717) is 12.3 Å². The van der Waals surface area contributed by atoms with Gasteiger partial charge < -0.3 is 15.4 Å². The molecule has 0 radical (unpaired) electrons. The zero-order valence-electron chi connectivity index (χ0n) is 22.9. The zero-order chi connectivity index (χ0) is 29.0. The SMILES string of the molecule is CC(C)c1ccc(C2c3[nH]c4ccccc4c3C[C@H]3C(=O)N(c4ccccc4C(=O)N[C@H](C)C(=O)O)C(=O)N23)cc1. The molecule has 3 atom stereocenters. The first-order valence-corrected chi connectivity index (χ1v) is 13.7. The maximum Gasteiger partial charge on any atom is 0.332 e. The number of nitrogens with one attached hydrogen (secondary N) is 2. The number of aromatic amines is 1. The normalized spacial score (nSPS) is 18.9. The van der Waals surface area contributed by atoms with E-state index in [1.54, 1.807) is 17.0 Å². The number of carboxylic acid groups (broad SMARTS) is 1. The molecule has 0 aliphatic carbocycles. The molecule has 3 N–H and O–H groups in total. The molecule has 9 nitrogen and oxygen atoms in total. The predicted molar refractivity (Wildman–Crippen MR) is 154 cm³/mol. The molecule has 1 unspecified atom stereocenters. The van der Waals surface area contributed by atoms with Crippen molar-refractivity contribution in [1.82, 2.24) is 15.2 Å². The summed E-state index contributed by atoms with van der Waals surface area (Å²) in [4.78, 5) is 58.9. The summed E-state index contributed by atoms with van der Waals surface area (Å²) in [5.74, 6) is -1.97. The van der Waals surface area contributed by atoms with Gasteiger partial charge in [0.05, 0.1) is 11.3 Å². The molecule has 6 rings (SSSR count). The van der Waals surface area contributed by atoms with Gasteiger partial charge in [-0.2, -0.15) is 0 Å². The van der Waals surface area contributed by atoms with Gasteiger partial charge in [-0.1, -0.05) is 68.4 Å². The second-order valence-corrected chi connectivity index (χ2v) is 10.9. The third-order valence-electron chi connectivity index (χ3n) is 8.08. The minimum atomic E-state index is -1.19. The number of imide groups is 1. The largest absolute Gasteiger partial charge is 0.480 e. The summed E-state index contributed by atoms with van der Waals surface area (Å²) in [5, 5.41) is 12.7. The number of H-pyrrole nitrogens is 1. The van der Waals surface area contributed by atoms with Crippen LogP contribution in [0, 0.1) is 0 Å². The van der Waals surface area contributed by atoms with Crippen molar-refractivity contribution in [3.63, 3.8) is 0 Å². The Hall–Kier alpha value is -4.92. The Morgan fingerprint density at radius 1 is 0.951 bits per heavy atom. The van der Waals surface area contributed by atoms with Crippen LogP contribution in [0.2, 0.25) is 0 Å². The van der Waals surface area contributed by atoms with Crippen LogP contribution in [0.15, 0.2) is 72.8 Å². The fourth-order valence-corrected chi connectivity index (χ4v) is 5.90. The smallest absolute Gasteiger partial charge is 0.332 e. The number of carboxylic acids is 1. The predicted octanol–water partition coefficient (Wildman–Crippen LogP) is 4.98. The lowest BCUT2D eigenvalue weighted by molar-refractivity contribution is -0.138. The first kappa shape index (κ1) is 26.3. The van der Waals surface area contributed by atoms with Gasteiger partial charge in [-0.3, -0.25) is 19.3 Å². The van der Waals surface area contributed by atoms with Crippen LogP contribution in [0.3, 0.4) is 0 Å². The summed E-state index contributed by atoms with van der Waals surface area (Å²) in [6.07, 6.45) is 0.325. The second-order valence-electron chi connectivity index (χ2n) is 10.9. The number of nitrogens with zero attached hydrogens (tertiary/aromatic N) is 2. The Morgan fingerprint density at radius 3 is 2.34 bits per heavy atom. The molecule has 9 heteroatoms. The Labute approximate surface area is 236 Å². The van der Waals surface area contributed by atoms with E-state index in [4.69, 9.17) is 0 Å². The number of benzene rings is 3. The van der Waals surface area contributed by atoms with Crippen LogP contribution in [0.4, 0.5) is 10.5 Å². The number of para-hydroxylation sites is 2. The minimum Gasteiger partial charge on any atom is -0.480 e. The first-order chi connectivity index (χ1) is 19.7. The van der Waals surface area contributed by atoms with Crippen LogP contribution in [0.5, 0.6) is 0 Å². The number of hydrogen-bond donors (Lipinski definition) is 3. The maximum absolute atomic E-state index is 14.2. The van der Waals surface area contributed by atoms with E-state index in [-0.39, 0.29) is 11.3 Å². The molecule has 1 aromatic heterocycles. The number of aromatic nitrogens is 1. The van der Waals surface area contributed by atoms with Gasteiger partial charge in [0.15, 0.2) is 0 Å². The molecule has 4 aromatic rings. The summed E-state index contributed by atoms with van der Waals surface area (Å²) in [7, 11) is 0. The topological polar surface area (TPSA) is 123 Å². The number of anilines is 1. The number of carbonyl (C=O) groups is 4. The number of carbonyl (C=O) groups excluding carboxylic acids is 3. The first-order valence-electron chi connectivity index (χ1n) is 13.7. The Morgan fingerprint density at radius 2 is 1.63 bits per heavy atom. The van der Waals surface area contributed by atoms with Crippen LogP contribution in [-0.4, -0.2) is 50.9 Å². The maximum atomic E-state index is 14.2. The number of fused-ring (bicyclic) bond motifs is 4. The second kappa shape index (κ2) is 9.92. The van der Waals surface area contributed by atoms with Crippen LogP contribution >= 0.6 is 0 Å². The lowest BCUT2D eigenvalue weighted by Crippen LogP contribution is -2.44. The molecule has 2 aliphatic rings. The lowest BCUT2D eigenvalue weighted by Gasteiger charge is -2.36. The summed E-state index contributed by atoms with van der Waals surface area (Å²) in [5.41, 5.74) is 5.00. The summed E-state index contributed by atoms with van der Waals surface area (Å²) in [6, 6.07) is 19.3. The number of hydrogen-bond acceptors (Lipinski definition) is 4. The van der Waals surface area contributed by atoms with E-state index in [9.17, 15) is 24.3 Å². The van der Waals surface area contributed by atoms with Crippen LogP contribution in [0.25, 0.3) is 10.9 Å². The number of rotatable bonds is 6. The van der Waals surface area contributed by atoms with Crippen molar-refractivity contribution in [1.29, 1.82) is 0 Å². The molecule has 0 spiro atoms. The highest BCUT2D eigenvalue weighted by molar-refractivity contribution is 6.24. The standard InChI is InChI=1S/C32H30N4O5/c1-17(2)19-12-14-20(15-13-19)28-27-23(21-8-4-6-10-24(21)34-27)16-26-30(38)36(32(41)35(26)28)25-11-7-5-9-22(25)29(37)33-18(3)31(39)40/h4-15,17-18,26,28,34H,16H2,1-3H3,(H,33,37)(H,39,40)/t18-,26+,28?/m1/s1. The number of urea groups is 1. The summed E-state index contributed by atoms with van der Waals surface area (Å²) >= 11 is 0. The monoisotopic (exact) mass is 550 g/mol. The highest BCUT2D eigenvalue weighted by Crippen LogP contribution is 2.45. The van der Waals surface area contributed by atoms with Gasteiger partial charge in [0, 0.05) is 23.0 Å². The molecule has 4 amide bonds. The Kier molecular flexibility index (Phi) is 6.37. The van der Waals surface area contributed by atoms with Crippen molar-refractivity contribution in [3.05, 3.63) is 101 Å². The van der Waals surface area contributed by atoms with Crippen LogP contribution in [-0.2, 0) is 16.0 Å². The molecule has 3 aromatic carbocycles. The van der Waals surface area contributed by atoms with Gasteiger partial charge in [-0.15, -0.1) is 0 Å². The van der Waals surface area contributed by atoms with Gasteiger partial charge >= 0.3 is 12.0 Å². The van der Waals surface area contributed by atoms with Crippen molar-refractivity contribution < 1.29 is 24.3 Å². The molecular formula is C32H30N4O5. The fourth-order valence-electron chi connectivity index (χ4n) is 5.90. The summed E-state index contributed by atoms with van der Waals surface area (Å²) in [6.45, 7) is 5.59.